The number of aromatic nitrogens is 2. The minimum atomic E-state index is 0.405. The van der Waals surface area contributed by atoms with E-state index in [1.54, 1.807) is 6.07 Å². The zero-order chi connectivity index (χ0) is 15.9. The van der Waals surface area contributed by atoms with Gasteiger partial charge in [0.05, 0.1) is 12.3 Å². The van der Waals surface area contributed by atoms with Crippen molar-refractivity contribution in [3.63, 3.8) is 0 Å². The van der Waals surface area contributed by atoms with Crippen LogP contribution >= 0.6 is 11.6 Å². The summed E-state index contributed by atoms with van der Waals surface area (Å²) >= 11 is 5.75. The number of halogens is 1. The molecule has 0 unspecified atom stereocenters. The smallest absolute Gasteiger partial charge is 0.151 e. The van der Waals surface area contributed by atoms with Crippen molar-refractivity contribution in [1.29, 1.82) is 0 Å². The number of benzene rings is 1. The fourth-order valence-corrected chi connectivity index (χ4v) is 2.95. The maximum Gasteiger partial charge on any atom is 0.151 e. The van der Waals surface area contributed by atoms with Crippen LogP contribution in [0.4, 0.5) is 0 Å². The van der Waals surface area contributed by atoms with Gasteiger partial charge in [0.2, 0.25) is 0 Å². The fraction of sp³-hybridized carbons (Fsp3) is 0.444. The van der Waals surface area contributed by atoms with Crippen LogP contribution in [-0.2, 0) is 0 Å². The van der Waals surface area contributed by atoms with Crippen molar-refractivity contribution in [2.45, 2.75) is 25.7 Å². The van der Waals surface area contributed by atoms with Crippen LogP contribution in [0.2, 0.25) is 5.15 Å². The quantitative estimate of drug-likeness (QED) is 0.748. The second-order valence-electron chi connectivity index (χ2n) is 5.87. The van der Waals surface area contributed by atoms with E-state index in [-0.39, 0.29) is 0 Å². The van der Waals surface area contributed by atoms with Crippen LogP contribution in [0.1, 0.15) is 25.7 Å². The molecule has 1 fully saturated rings. The molecule has 122 valence electrons. The summed E-state index contributed by atoms with van der Waals surface area (Å²) in [5.41, 5.74) is 1.82. The standard InChI is InChI=1S/C18H22ClN3O/c19-18-10-9-17(20-21-18)15-5-7-16(8-6-15)23-14-4-13-22-11-2-1-3-12-22/h5-10H,1-4,11-14H2. The highest BCUT2D eigenvalue weighted by Crippen LogP contribution is 2.21. The second kappa shape index (κ2) is 8.27. The molecule has 1 aromatic carbocycles. The molecular formula is C18H22ClN3O. The number of likely N-dealkylation sites (tertiary alicyclic amines) is 1. The van der Waals surface area contributed by atoms with Gasteiger partial charge in [-0.05, 0) is 68.8 Å². The summed E-state index contributed by atoms with van der Waals surface area (Å²) in [7, 11) is 0. The van der Waals surface area contributed by atoms with E-state index < -0.39 is 0 Å². The molecule has 23 heavy (non-hydrogen) atoms. The maximum atomic E-state index is 5.82. The van der Waals surface area contributed by atoms with Gasteiger partial charge in [0, 0.05) is 12.1 Å². The molecule has 1 aliphatic rings. The third-order valence-corrected chi connectivity index (χ3v) is 4.32. The van der Waals surface area contributed by atoms with Crippen LogP contribution in [0.5, 0.6) is 5.75 Å². The van der Waals surface area contributed by atoms with Crippen molar-refractivity contribution in [2.24, 2.45) is 0 Å². The molecule has 0 amide bonds. The molecule has 4 nitrogen and oxygen atoms in total. The van der Waals surface area contributed by atoms with E-state index in [0.29, 0.717) is 5.15 Å². The van der Waals surface area contributed by atoms with Crippen molar-refractivity contribution >= 4 is 11.6 Å². The van der Waals surface area contributed by atoms with Crippen molar-refractivity contribution in [2.75, 3.05) is 26.2 Å². The lowest BCUT2D eigenvalue weighted by Gasteiger charge is -2.26. The van der Waals surface area contributed by atoms with E-state index in [9.17, 15) is 0 Å². The molecule has 0 radical (unpaired) electrons. The van der Waals surface area contributed by atoms with E-state index in [2.05, 4.69) is 15.1 Å². The summed E-state index contributed by atoms with van der Waals surface area (Å²) in [5.74, 6) is 0.898. The molecule has 1 saturated heterocycles. The highest BCUT2D eigenvalue weighted by atomic mass is 35.5. The van der Waals surface area contributed by atoms with Crippen LogP contribution in [0.3, 0.4) is 0 Å². The molecule has 0 saturated carbocycles. The summed E-state index contributed by atoms with van der Waals surface area (Å²) in [6, 6.07) is 11.6. The number of hydrogen-bond donors (Lipinski definition) is 0. The first-order valence-corrected chi connectivity index (χ1v) is 8.64. The van der Waals surface area contributed by atoms with Gasteiger partial charge >= 0.3 is 0 Å². The van der Waals surface area contributed by atoms with Crippen LogP contribution in [0.15, 0.2) is 36.4 Å². The van der Waals surface area contributed by atoms with Gasteiger partial charge < -0.3 is 9.64 Å². The molecule has 1 aliphatic heterocycles. The molecule has 0 aliphatic carbocycles. The first-order chi connectivity index (χ1) is 11.3. The predicted molar refractivity (Wildman–Crippen MR) is 92.9 cm³/mol. The monoisotopic (exact) mass is 331 g/mol. The lowest BCUT2D eigenvalue weighted by molar-refractivity contribution is 0.205. The number of piperidine rings is 1. The van der Waals surface area contributed by atoms with Gasteiger partial charge in [0.1, 0.15) is 5.75 Å². The Bertz CT molecular complexity index is 595. The minimum absolute atomic E-state index is 0.405. The second-order valence-corrected chi connectivity index (χ2v) is 6.26. The average Bonchev–Trinajstić information content (AvgIpc) is 2.61. The SMILES string of the molecule is Clc1ccc(-c2ccc(OCCCN3CCCCC3)cc2)nn1. The zero-order valence-electron chi connectivity index (χ0n) is 13.2. The number of nitrogens with zero attached hydrogens (tertiary/aromatic N) is 3. The van der Waals surface area contributed by atoms with E-state index in [1.165, 1.54) is 32.4 Å². The topological polar surface area (TPSA) is 38.2 Å². The Balaban J connectivity index is 1.45. The lowest BCUT2D eigenvalue weighted by Crippen LogP contribution is -2.31. The van der Waals surface area contributed by atoms with E-state index >= 15 is 0 Å². The Morgan fingerprint density at radius 2 is 1.74 bits per heavy atom. The summed E-state index contributed by atoms with van der Waals surface area (Å²) in [6.45, 7) is 4.39. The Kier molecular flexibility index (Phi) is 5.83. The summed E-state index contributed by atoms with van der Waals surface area (Å²) in [6.07, 6.45) is 5.15. The highest BCUT2D eigenvalue weighted by molar-refractivity contribution is 6.29. The van der Waals surface area contributed by atoms with Gasteiger partial charge in [-0.1, -0.05) is 18.0 Å². The average molecular weight is 332 g/mol. The molecule has 2 heterocycles. The zero-order valence-corrected chi connectivity index (χ0v) is 14.0. The summed E-state index contributed by atoms with van der Waals surface area (Å²) in [5, 5.41) is 8.34. The molecular weight excluding hydrogens is 310 g/mol. The van der Waals surface area contributed by atoms with Gasteiger partial charge in [-0.2, -0.15) is 0 Å². The highest BCUT2D eigenvalue weighted by Gasteiger charge is 2.09. The van der Waals surface area contributed by atoms with Crippen molar-refractivity contribution < 1.29 is 4.74 Å². The molecule has 1 aromatic heterocycles. The number of rotatable bonds is 6. The minimum Gasteiger partial charge on any atom is -0.494 e. The third-order valence-electron chi connectivity index (χ3n) is 4.12. The van der Waals surface area contributed by atoms with Crippen molar-refractivity contribution in [1.82, 2.24) is 15.1 Å². The largest absolute Gasteiger partial charge is 0.494 e. The van der Waals surface area contributed by atoms with Crippen LogP contribution in [0, 0.1) is 0 Å². The molecule has 0 spiro atoms. The lowest BCUT2D eigenvalue weighted by atomic mass is 10.1. The first kappa shape index (κ1) is 16.2. The molecule has 5 heteroatoms. The molecule has 3 rings (SSSR count). The van der Waals surface area contributed by atoms with Crippen molar-refractivity contribution in [3.05, 3.63) is 41.6 Å². The molecule has 0 N–H and O–H groups in total. The number of ether oxygens (including phenoxy) is 1. The molecule has 0 atom stereocenters. The Morgan fingerprint density at radius 1 is 0.957 bits per heavy atom. The van der Waals surface area contributed by atoms with Gasteiger partial charge in [0.15, 0.2) is 5.15 Å². The molecule has 0 bridgehead atoms. The Hall–Kier alpha value is -1.65. The first-order valence-electron chi connectivity index (χ1n) is 8.26. The van der Waals surface area contributed by atoms with Crippen LogP contribution < -0.4 is 4.74 Å². The third kappa shape index (κ3) is 4.91. The van der Waals surface area contributed by atoms with Gasteiger partial charge in [-0.25, -0.2) is 0 Å². The number of hydrogen-bond acceptors (Lipinski definition) is 4. The Labute approximate surface area is 142 Å². The van der Waals surface area contributed by atoms with E-state index in [4.69, 9.17) is 16.3 Å². The van der Waals surface area contributed by atoms with Gasteiger partial charge in [0.25, 0.3) is 0 Å². The van der Waals surface area contributed by atoms with E-state index in [0.717, 1.165) is 36.6 Å². The van der Waals surface area contributed by atoms with Gasteiger partial charge in [-0.3, -0.25) is 0 Å². The fourth-order valence-electron chi connectivity index (χ4n) is 2.85. The van der Waals surface area contributed by atoms with Crippen LogP contribution in [0.25, 0.3) is 11.3 Å². The van der Waals surface area contributed by atoms with Crippen molar-refractivity contribution in [3.8, 4) is 17.0 Å². The molecule has 2 aromatic rings. The summed E-state index contributed by atoms with van der Waals surface area (Å²) in [4.78, 5) is 2.54. The Morgan fingerprint density at radius 3 is 2.43 bits per heavy atom. The normalized spacial score (nSPS) is 15.5. The predicted octanol–water partition coefficient (Wildman–Crippen LogP) is 4.05. The summed E-state index contributed by atoms with van der Waals surface area (Å²) < 4.78 is 5.82. The maximum absolute atomic E-state index is 5.82. The van der Waals surface area contributed by atoms with Crippen LogP contribution in [-0.4, -0.2) is 41.3 Å². The van der Waals surface area contributed by atoms with Gasteiger partial charge in [-0.15, -0.1) is 10.2 Å². The van der Waals surface area contributed by atoms with E-state index in [1.807, 2.05) is 30.3 Å².